The van der Waals surface area contributed by atoms with E-state index >= 15 is 0 Å². The van der Waals surface area contributed by atoms with Crippen LogP contribution in [0.5, 0.6) is 0 Å². The SMILES string of the molecule is CC(C#N)CN(C)CC(=O)N(C)C1CC1. The van der Waals surface area contributed by atoms with Crippen molar-refractivity contribution in [3.05, 3.63) is 0 Å². The average molecular weight is 209 g/mol. The molecule has 0 aromatic carbocycles. The van der Waals surface area contributed by atoms with Crippen LogP contribution in [0.3, 0.4) is 0 Å². The number of rotatable bonds is 5. The van der Waals surface area contributed by atoms with Crippen molar-refractivity contribution >= 4 is 5.91 Å². The molecule has 84 valence electrons. The Labute approximate surface area is 91.5 Å². The summed E-state index contributed by atoms with van der Waals surface area (Å²) in [6, 6.07) is 2.64. The number of hydrogen-bond acceptors (Lipinski definition) is 3. The zero-order valence-corrected chi connectivity index (χ0v) is 9.73. The molecule has 0 aliphatic heterocycles. The first kappa shape index (κ1) is 12.0. The summed E-state index contributed by atoms with van der Waals surface area (Å²) in [5, 5.41) is 8.65. The quantitative estimate of drug-likeness (QED) is 0.669. The third kappa shape index (κ3) is 3.88. The molecule has 4 nitrogen and oxygen atoms in total. The predicted molar refractivity (Wildman–Crippen MR) is 58.1 cm³/mol. The molecule has 1 unspecified atom stereocenters. The van der Waals surface area contributed by atoms with Gasteiger partial charge in [0.15, 0.2) is 0 Å². The van der Waals surface area contributed by atoms with E-state index < -0.39 is 0 Å². The summed E-state index contributed by atoms with van der Waals surface area (Å²) in [5.41, 5.74) is 0. The largest absolute Gasteiger partial charge is 0.342 e. The molecule has 1 amide bonds. The highest BCUT2D eigenvalue weighted by atomic mass is 16.2. The minimum Gasteiger partial charge on any atom is -0.342 e. The maximum absolute atomic E-state index is 11.7. The van der Waals surface area contributed by atoms with Crippen molar-refractivity contribution in [3.63, 3.8) is 0 Å². The van der Waals surface area contributed by atoms with Gasteiger partial charge in [-0.05, 0) is 26.8 Å². The van der Waals surface area contributed by atoms with Gasteiger partial charge < -0.3 is 4.90 Å². The number of carbonyl (C=O) groups is 1. The molecule has 0 spiro atoms. The second-order valence-electron chi connectivity index (χ2n) is 4.46. The van der Waals surface area contributed by atoms with E-state index in [-0.39, 0.29) is 11.8 Å². The van der Waals surface area contributed by atoms with Gasteiger partial charge in [0.1, 0.15) is 0 Å². The van der Waals surface area contributed by atoms with Gasteiger partial charge in [-0.3, -0.25) is 9.69 Å². The monoisotopic (exact) mass is 209 g/mol. The van der Waals surface area contributed by atoms with Crippen molar-refractivity contribution in [1.82, 2.24) is 9.80 Å². The van der Waals surface area contributed by atoms with Crippen molar-refractivity contribution in [2.45, 2.75) is 25.8 Å². The van der Waals surface area contributed by atoms with Crippen LogP contribution in [0.2, 0.25) is 0 Å². The van der Waals surface area contributed by atoms with Gasteiger partial charge in [-0.15, -0.1) is 0 Å². The lowest BCUT2D eigenvalue weighted by Gasteiger charge is -2.22. The zero-order valence-electron chi connectivity index (χ0n) is 9.73. The summed E-state index contributed by atoms with van der Waals surface area (Å²) in [5.74, 6) is 0.138. The van der Waals surface area contributed by atoms with Gasteiger partial charge in [0.25, 0.3) is 0 Å². The Morgan fingerprint density at radius 3 is 2.60 bits per heavy atom. The van der Waals surface area contributed by atoms with Gasteiger partial charge in [-0.2, -0.15) is 5.26 Å². The van der Waals surface area contributed by atoms with E-state index in [1.54, 1.807) is 0 Å². The van der Waals surface area contributed by atoms with Crippen LogP contribution in [0, 0.1) is 17.2 Å². The third-order valence-corrected chi connectivity index (χ3v) is 2.70. The van der Waals surface area contributed by atoms with E-state index in [9.17, 15) is 4.79 Å². The summed E-state index contributed by atoms with van der Waals surface area (Å²) in [7, 11) is 3.74. The zero-order chi connectivity index (χ0) is 11.4. The Kier molecular flexibility index (Phi) is 4.10. The Bertz CT molecular complexity index is 267. The normalized spacial score (nSPS) is 17.3. The van der Waals surface area contributed by atoms with Gasteiger partial charge in [-0.25, -0.2) is 0 Å². The van der Waals surface area contributed by atoms with Crippen LogP contribution in [0.25, 0.3) is 0 Å². The standard InChI is InChI=1S/C11H19N3O/c1-9(6-12)7-13(2)8-11(15)14(3)10-4-5-10/h9-10H,4-5,7-8H2,1-3H3. The third-order valence-electron chi connectivity index (χ3n) is 2.70. The first-order chi connectivity index (χ1) is 7.04. The summed E-state index contributed by atoms with van der Waals surface area (Å²) >= 11 is 0. The minimum atomic E-state index is -0.0194. The highest BCUT2D eigenvalue weighted by Gasteiger charge is 2.29. The summed E-state index contributed by atoms with van der Waals surface area (Å²) in [6.45, 7) is 2.94. The van der Waals surface area contributed by atoms with Crippen LogP contribution < -0.4 is 0 Å². The Morgan fingerprint density at radius 1 is 1.53 bits per heavy atom. The number of likely N-dealkylation sites (N-methyl/N-ethyl adjacent to an activating group) is 2. The molecule has 4 heteroatoms. The highest BCUT2D eigenvalue weighted by molar-refractivity contribution is 5.78. The average Bonchev–Trinajstić information content (AvgIpc) is 2.99. The fourth-order valence-corrected chi connectivity index (χ4v) is 1.58. The second-order valence-corrected chi connectivity index (χ2v) is 4.46. The van der Waals surface area contributed by atoms with Crippen molar-refractivity contribution in [3.8, 4) is 6.07 Å². The summed E-state index contributed by atoms with van der Waals surface area (Å²) < 4.78 is 0. The molecular formula is C11H19N3O. The summed E-state index contributed by atoms with van der Waals surface area (Å²) in [4.78, 5) is 15.4. The lowest BCUT2D eigenvalue weighted by molar-refractivity contribution is -0.131. The first-order valence-corrected chi connectivity index (χ1v) is 5.38. The Hall–Kier alpha value is -1.08. The number of nitriles is 1. The van der Waals surface area contributed by atoms with E-state index in [0.29, 0.717) is 19.1 Å². The van der Waals surface area contributed by atoms with E-state index in [0.717, 1.165) is 12.8 Å². The molecule has 0 aromatic heterocycles. The molecule has 1 atom stereocenters. The van der Waals surface area contributed by atoms with Gasteiger partial charge in [0, 0.05) is 19.6 Å². The van der Waals surface area contributed by atoms with Crippen LogP contribution >= 0.6 is 0 Å². The Balaban J connectivity index is 2.27. The second kappa shape index (κ2) is 5.13. The molecule has 0 heterocycles. The van der Waals surface area contributed by atoms with E-state index in [1.807, 2.05) is 30.8 Å². The van der Waals surface area contributed by atoms with Crippen LogP contribution in [0.15, 0.2) is 0 Å². The maximum Gasteiger partial charge on any atom is 0.236 e. The van der Waals surface area contributed by atoms with Gasteiger partial charge in [0.2, 0.25) is 5.91 Å². The first-order valence-electron chi connectivity index (χ1n) is 5.38. The minimum absolute atomic E-state index is 0.0194. The predicted octanol–water partition coefficient (Wildman–Crippen LogP) is 0.699. The van der Waals surface area contributed by atoms with E-state index in [1.165, 1.54) is 0 Å². The van der Waals surface area contributed by atoms with Crippen LogP contribution in [0.1, 0.15) is 19.8 Å². The smallest absolute Gasteiger partial charge is 0.236 e. The van der Waals surface area contributed by atoms with Crippen molar-refractivity contribution in [1.29, 1.82) is 5.26 Å². The van der Waals surface area contributed by atoms with Gasteiger partial charge >= 0.3 is 0 Å². The molecule has 1 aliphatic rings. The van der Waals surface area contributed by atoms with Crippen LogP contribution in [0.4, 0.5) is 0 Å². The van der Waals surface area contributed by atoms with Gasteiger partial charge in [-0.1, -0.05) is 0 Å². The number of carbonyl (C=O) groups excluding carboxylic acids is 1. The summed E-state index contributed by atoms with van der Waals surface area (Å²) in [6.07, 6.45) is 2.28. The van der Waals surface area contributed by atoms with E-state index in [2.05, 4.69) is 6.07 Å². The molecular weight excluding hydrogens is 190 g/mol. The topological polar surface area (TPSA) is 47.3 Å². The van der Waals surface area contributed by atoms with Crippen molar-refractivity contribution in [2.75, 3.05) is 27.2 Å². The van der Waals surface area contributed by atoms with Crippen molar-refractivity contribution in [2.24, 2.45) is 5.92 Å². The molecule has 0 aromatic rings. The molecule has 15 heavy (non-hydrogen) atoms. The maximum atomic E-state index is 11.7. The van der Waals surface area contributed by atoms with Crippen LogP contribution in [-0.4, -0.2) is 48.9 Å². The lowest BCUT2D eigenvalue weighted by Crippen LogP contribution is -2.39. The van der Waals surface area contributed by atoms with E-state index in [4.69, 9.17) is 5.26 Å². The molecule has 1 fully saturated rings. The Morgan fingerprint density at radius 2 is 2.13 bits per heavy atom. The highest BCUT2D eigenvalue weighted by Crippen LogP contribution is 2.25. The molecule has 0 bridgehead atoms. The molecule has 0 saturated heterocycles. The molecule has 1 saturated carbocycles. The van der Waals surface area contributed by atoms with Crippen molar-refractivity contribution < 1.29 is 4.79 Å². The number of amides is 1. The lowest BCUT2D eigenvalue weighted by atomic mass is 10.2. The molecule has 1 aliphatic carbocycles. The fraction of sp³-hybridized carbons (Fsp3) is 0.818. The van der Waals surface area contributed by atoms with Crippen LogP contribution in [-0.2, 0) is 4.79 Å². The number of nitrogens with zero attached hydrogens (tertiary/aromatic N) is 3. The molecule has 1 rings (SSSR count). The number of hydrogen-bond donors (Lipinski definition) is 0. The molecule has 0 radical (unpaired) electrons. The van der Waals surface area contributed by atoms with Gasteiger partial charge in [0.05, 0.1) is 18.5 Å². The fourth-order valence-electron chi connectivity index (χ4n) is 1.58. The molecule has 0 N–H and O–H groups in total.